The summed E-state index contributed by atoms with van der Waals surface area (Å²) in [6.07, 6.45) is 1.59. The zero-order valence-corrected chi connectivity index (χ0v) is 6.79. The first kappa shape index (κ1) is 8.58. The van der Waals surface area contributed by atoms with E-state index >= 15 is 0 Å². The van der Waals surface area contributed by atoms with Crippen LogP contribution >= 0.6 is 0 Å². The van der Waals surface area contributed by atoms with Crippen molar-refractivity contribution < 1.29 is 9.90 Å². The zero-order chi connectivity index (χ0) is 9.14. The number of carbonyl (C=O) groups excluding carboxylic acids is 1. The first-order valence-corrected chi connectivity index (χ1v) is 3.72. The number of imidazole rings is 1. The number of rotatable bonds is 3. The Labute approximate surface area is 69.6 Å². The van der Waals surface area contributed by atoms with Crippen molar-refractivity contribution >= 4 is 5.91 Å². The molecule has 1 rings (SSSR count). The first-order chi connectivity index (χ1) is 5.65. The van der Waals surface area contributed by atoms with Crippen molar-refractivity contribution in [3.05, 3.63) is 11.5 Å². The number of aryl methyl sites for hydroxylation is 1. The molecule has 0 bridgehead atoms. The fourth-order valence-electron chi connectivity index (χ4n) is 0.939. The molecule has 1 aromatic rings. The quantitative estimate of drug-likeness (QED) is 0.602. The maximum atomic E-state index is 10.6. The molecule has 5 heteroatoms. The van der Waals surface area contributed by atoms with Gasteiger partial charge in [-0.3, -0.25) is 4.79 Å². The van der Waals surface area contributed by atoms with Gasteiger partial charge in [0.15, 0.2) is 5.69 Å². The average Bonchev–Trinajstić information content (AvgIpc) is 2.32. The summed E-state index contributed by atoms with van der Waals surface area (Å²) < 4.78 is 0. The number of carbonyl (C=O) groups is 1. The molecule has 1 amide bonds. The molecule has 1 heterocycles. The third kappa shape index (κ3) is 1.55. The predicted octanol–water partition coefficient (Wildman–Crippen LogP) is 0.167. The van der Waals surface area contributed by atoms with Crippen LogP contribution in [0.15, 0.2) is 0 Å². The molecule has 66 valence electrons. The summed E-state index contributed by atoms with van der Waals surface area (Å²) in [5, 5.41) is 9.09. The second kappa shape index (κ2) is 3.25. The van der Waals surface area contributed by atoms with Crippen molar-refractivity contribution in [1.29, 1.82) is 0 Å². The topological polar surface area (TPSA) is 92.0 Å². The Kier molecular flexibility index (Phi) is 2.32. The summed E-state index contributed by atoms with van der Waals surface area (Å²) in [6, 6.07) is 0. The fraction of sp³-hybridized carbons (Fsp3) is 0.429. The normalized spacial score (nSPS) is 10.1. The molecule has 0 saturated carbocycles. The predicted molar refractivity (Wildman–Crippen MR) is 42.8 cm³/mol. The number of nitrogens with two attached hydrogens (primary N) is 1. The number of primary amides is 1. The second-order valence-corrected chi connectivity index (χ2v) is 2.50. The molecule has 5 nitrogen and oxygen atoms in total. The van der Waals surface area contributed by atoms with E-state index in [1.807, 2.05) is 6.92 Å². The maximum Gasteiger partial charge on any atom is 0.270 e. The minimum absolute atomic E-state index is 0.0153. The van der Waals surface area contributed by atoms with Gasteiger partial charge in [0.2, 0.25) is 5.88 Å². The number of aromatic hydroxyl groups is 1. The van der Waals surface area contributed by atoms with Crippen LogP contribution in [0.4, 0.5) is 0 Å². The molecule has 0 unspecified atom stereocenters. The van der Waals surface area contributed by atoms with Gasteiger partial charge >= 0.3 is 0 Å². The number of hydrogen-bond donors (Lipinski definition) is 3. The van der Waals surface area contributed by atoms with E-state index in [0.29, 0.717) is 12.2 Å². The highest BCUT2D eigenvalue weighted by atomic mass is 16.3. The number of nitrogens with zero attached hydrogens (tertiary/aromatic N) is 1. The lowest BCUT2D eigenvalue weighted by Crippen LogP contribution is -2.11. The number of H-pyrrole nitrogens is 1. The monoisotopic (exact) mass is 169 g/mol. The molecule has 1 aromatic heterocycles. The highest BCUT2D eigenvalue weighted by molar-refractivity contribution is 5.93. The Morgan fingerprint density at radius 2 is 2.42 bits per heavy atom. The standard InChI is InChI=1S/C7H11N3O2/c1-2-3-4-9-5(6(8)11)7(12)10-4/h12H,2-3H2,1H3,(H2,8,11)(H,9,10). The lowest BCUT2D eigenvalue weighted by molar-refractivity contribution is 0.0993. The van der Waals surface area contributed by atoms with E-state index in [1.54, 1.807) is 0 Å². The minimum atomic E-state index is -0.692. The molecule has 0 radical (unpaired) electrons. The molecule has 0 aliphatic carbocycles. The number of nitrogens with one attached hydrogen (secondary N) is 1. The SMILES string of the molecule is CCCc1nc(O)c(C(N)=O)[nH]1. The molecule has 0 aliphatic heterocycles. The Bertz CT molecular complexity index is 293. The van der Waals surface area contributed by atoms with Crippen LogP contribution in [-0.2, 0) is 6.42 Å². The van der Waals surface area contributed by atoms with Gasteiger partial charge in [-0.1, -0.05) is 6.92 Å². The van der Waals surface area contributed by atoms with Crippen LogP contribution in [0.5, 0.6) is 5.88 Å². The van der Waals surface area contributed by atoms with E-state index in [9.17, 15) is 4.79 Å². The Morgan fingerprint density at radius 1 is 1.75 bits per heavy atom. The van der Waals surface area contributed by atoms with Gasteiger partial charge in [0.1, 0.15) is 5.82 Å². The van der Waals surface area contributed by atoms with Gasteiger partial charge in [0, 0.05) is 6.42 Å². The summed E-state index contributed by atoms with van der Waals surface area (Å²) in [5.74, 6) is -0.419. The van der Waals surface area contributed by atoms with Gasteiger partial charge in [-0.15, -0.1) is 0 Å². The second-order valence-electron chi connectivity index (χ2n) is 2.50. The zero-order valence-electron chi connectivity index (χ0n) is 6.79. The smallest absolute Gasteiger partial charge is 0.270 e. The van der Waals surface area contributed by atoms with Crippen LogP contribution in [0.1, 0.15) is 29.7 Å². The third-order valence-corrected chi connectivity index (χ3v) is 1.47. The molecule has 0 spiro atoms. The van der Waals surface area contributed by atoms with Crippen molar-refractivity contribution in [3.8, 4) is 5.88 Å². The van der Waals surface area contributed by atoms with Gasteiger partial charge in [-0.25, -0.2) is 0 Å². The van der Waals surface area contributed by atoms with E-state index in [2.05, 4.69) is 9.97 Å². The number of aromatic amines is 1. The summed E-state index contributed by atoms with van der Waals surface area (Å²) in [4.78, 5) is 17.0. The Morgan fingerprint density at radius 3 is 2.83 bits per heavy atom. The summed E-state index contributed by atoms with van der Waals surface area (Å²) in [7, 11) is 0. The van der Waals surface area contributed by atoms with Crippen molar-refractivity contribution in [2.75, 3.05) is 0 Å². The fourth-order valence-corrected chi connectivity index (χ4v) is 0.939. The van der Waals surface area contributed by atoms with Crippen LogP contribution in [0.3, 0.4) is 0 Å². The molecule has 0 aliphatic rings. The van der Waals surface area contributed by atoms with Gasteiger partial charge in [0.05, 0.1) is 0 Å². The first-order valence-electron chi connectivity index (χ1n) is 3.72. The summed E-state index contributed by atoms with van der Waals surface area (Å²) in [6.45, 7) is 1.98. The van der Waals surface area contributed by atoms with E-state index in [0.717, 1.165) is 6.42 Å². The summed E-state index contributed by atoms with van der Waals surface area (Å²) >= 11 is 0. The molecule has 4 N–H and O–H groups in total. The van der Waals surface area contributed by atoms with Crippen molar-refractivity contribution in [2.45, 2.75) is 19.8 Å². The highest BCUT2D eigenvalue weighted by Gasteiger charge is 2.12. The molecular weight excluding hydrogens is 158 g/mol. The van der Waals surface area contributed by atoms with Crippen molar-refractivity contribution in [1.82, 2.24) is 9.97 Å². The molecule has 0 saturated heterocycles. The lowest BCUT2D eigenvalue weighted by Gasteiger charge is -1.88. The van der Waals surface area contributed by atoms with Crippen LogP contribution in [0.25, 0.3) is 0 Å². The van der Waals surface area contributed by atoms with Crippen molar-refractivity contribution in [2.24, 2.45) is 5.73 Å². The van der Waals surface area contributed by atoms with Gasteiger partial charge < -0.3 is 15.8 Å². The van der Waals surface area contributed by atoms with Crippen molar-refractivity contribution in [3.63, 3.8) is 0 Å². The van der Waals surface area contributed by atoms with E-state index < -0.39 is 5.91 Å². The molecule has 0 fully saturated rings. The van der Waals surface area contributed by atoms with Gasteiger partial charge in [0.25, 0.3) is 5.91 Å². The van der Waals surface area contributed by atoms with E-state index in [1.165, 1.54) is 0 Å². The molecular formula is C7H11N3O2. The number of hydrogen-bond acceptors (Lipinski definition) is 3. The Hall–Kier alpha value is -1.52. The highest BCUT2D eigenvalue weighted by Crippen LogP contribution is 2.12. The lowest BCUT2D eigenvalue weighted by atomic mass is 10.3. The maximum absolute atomic E-state index is 10.6. The largest absolute Gasteiger partial charge is 0.492 e. The molecule has 0 atom stereocenters. The minimum Gasteiger partial charge on any atom is -0.492 e. The van der Waals surface area contributed by atoms with E-state index in [4.69, 9.17) is 10.8 Å². The van der Waals surface area contributed by atoms with Crippen LogP contribution < -0.4 is 5.73 Å². The van der Waals surface area contributed by atoms with E-state index in [-0.39, 0.29) is 11.6 Å². The average molecular weight is 169 g/mol. The van der Waals surface area contributed by atoms with Crippen LogP contribution in [0.2, 0.25) is 0 Å². The van der Waals surface area contributed by atoms with Crippen LogP contribution in [0, 0.1) is 0 Å². The third-order valence-electron chi connectivity index (χ3n) is 1.47. The number of aromatic nitrogens is 2. The van der Waals surface area contributed by atoms with Gasteiger partial charge in [-0.05, 0) is 6.42 Å². The van der Waals surface area contributed by atoms with Gasteiger partial charge in [-0.2, -0.15) is 4.98 Å². The molecule has 0 aromatic carbocycles. The Balaban J connectivity index is 2.92. The number of amides is 1. The van der Waals surface area contributed by atoms with Crippen LogP contribution in [-0.4, -0.2) is 21.0 Å². The molecule has 12 heavy (non-hydrogen) atoms. The summed E-state index contributed by atoms with van der Waals surface area (Å²) in [5.41, 5.74) is 4.94.